The molecule has 3 rings (SSSR count). The quantitative estimate of drug-likeness (QED) is 0.895. The molecule has 22 heavy (non-hydrogen) atoms. The van der Waals surface area contributed by atoms with E-state index >= 15 is 0 Å². The lowest BCUT2D eigenvalue weighted by molar-refractivity contribution is 0.130. The highest BCUT2D eigenvalue weighted by Gasteiger charge is 2.33. The van der Waals surface area contributed by atoms with Crippen molar-refractivity contribution >= 4 is 22.4 Å². The number of likely N-dealkylation sites (tertiary alicyclic amines) is 2. The molecule has 0 radical (unpaired) electrons. The van der Waals surface area contributed by atoms with Crippen molar-refractivity contribution in [1.29, 1.82) is 0 Å². The molecule has 0 saturated carbocycles. The zero-order chi connectivity index (χ0) is 15.5. The lowest BCUT2D eigenvalue weighted by atomic mass is 10.2. The fourth-order valence-electron chi connectivity index (χ4n) is 3.58. The number of carbonyl (C=O) groups is 1. The van der Waals surface area contributed by atoms with E-state index in [1.165, 1.54) is 4.88 Å². The van der Waals surface area contributed by atoms with Gasteiger partial charge in [0.05, 0.1) is 11.6 Å². The maximum absolute atomic E-state index is 12.5. The Labute approximate surface area is 135 Å². The van der Waals surface area contributed by atoms with Gasteiger partial charge in [-0.1, -0.05) is 0 Å². The molecule has 0 spiro atoms. The highest BCUT2D eigenvalue weighted by molar-refractivity contribution is 7.16. The van der Waals surface area contributed by atoms with Crippen molar-refractivity contribution in [2.24, 2.45) is 0 Å². The largest absolute Gasteiger partial charge is 0.395 e. The number of amides is 2. The maximum atomic E-state index is 12.5. The summed E-state index contributed by atoms with van der Waals surface area (Å²) in [6.07, 6.45) is 4.35. The Bertz CT molecular complexity index is 519. The van der Waals surface area contributed by atoms with Gasteiger partial charge in [-0.2, -0.15) is 0 Å². The summed E-state index contributed by atoms with van der Waals surface area (Å²) < 4.78 is 0. The van der Waals surface area contributed by atoms with Gasteiger partial charge in [0.1, 0.15) is 0 Å². The molecule has 0 bridgehead atoms. The van der Waals surface area contributed by atoms with Crippen LogP contribution in [0, 0.1) is 6.92 Å². The van der Waals surface area contributed by atoms with Gasteiger partial charge in [0.2, 0.25) is 0 Å². The Morgan fingerprint density at radius 1 is 1.32 bits per heavy atom. The van der Waals surface area contributed by atoms with E-state index in [9.17, 15) is 9.90 Å². The zero-order valence-electron chi connectivity index (χ0n) is 13.1. The highest BCUT2D eigenvalue weighted by Crippen LogP contribution is 2.26. The molecule has 2 fully saturated rings. The van der Waals surface area contributed by atoms with Gasteiger partial charge in [-0.3, -0.25) is 10.2 Å². The minimum Gasteiger partial charge on any atom is -0.395 e. The molecule has 6 heteroatoms. The number of nitrogens with one attached hydrogen (secondary N) is 1. The summed E-state index contributed by atoms with van der Waals surface area (Å²) in [5.74, 6) is 0. The number of hydrogen-bond donors (Lipinski definition) is 2. The molecule has 2 unspecified atom stereocenters. The normalized spacial score (nSPS) is 25.8. The molecule has 122 valence electrons. The molecule has 2 aliphatic rings. The minimum atomic E-state index is 0.0177. The third-order valence-electron chi connectivity index (χ3n) is 4.76. The van der Waals surface area contributed by atoms with Gasteiger partial charge in [0.25, 0.3) is 0 Å². The summed E-state index contributed by atoms with van der Waals surface area (Å²) in [6, 6.07) is 4.56. The molecule has 2 atom stereocenters. The first-order valence-corrected chi connectivity index (χ1v) is 8.98. The van der Waals surface area contributed by atoms with Crippen LogP contribution in [0.15, 0.2) is 12.1 Å². The first-order chi connectivity index (χ1) is 10.7. The van der Waals surface area contributed by atoms with Gasteiger partial charge >= 0.3 is 6.03 Å². The number of aryl methyl sites for hydroxylation is 1. The fourth-order valence-corrected chi connectivity index (χ4v) is 4.34. The zero-order valence-corrected chi connectivity index (χ0v) is 13.9. The second-order valence-electron chi connectivity index (χ2n) is 6.30. The number of aliphatic hydroxyl groups excluding tert-OH is 1. The van der Waals surface area contributed by atoms with Crippen molar-refractivity contribution < 1.29 is 9.90 Å². The third-order valence-corrected chi connectivity index (χ3v) is 5.68. The second-order valence-corrected chi connectivity index (χ2v) is 7.59. The van der Waals surface area contributed by atoms with E-state index in [1.807, 2.05) is 24.0 Å². The number of urea groups is 1. The number of anilines is 1. The molecule has 5 nitrogen and oxygen atoms in total. The Morgan fingerprint density at radius 2 is 2.09 bits per heavy atom. The van der Waals surface area contributed by atoms with Crippen LogP contribution in [0.5, 0.6) is 0 Å². The van der Waals surface area contributed by atoms with E-state index in [-0.39, 0.29) is 24.7 Å². The lowest BCUT2D eigenvalue weighted by Gasteiger charge is -2.31. The number of rotatable bonds is 4. The molecule has 1 aromatic rings. The monoisotopic (exact) mass is 323 g/mol. The Balaban J connectivity index is 1.59. The summed E-state index contributed by atoms with van der Waals surface area (Å²) >= 11 is 1.61. The standard InChI is InChI=1S/C16H25N3O2S/c1-12-6-7-15(22-12)17-16(21)19-9-3-4-13(19)10-18-8-2-5-14(18)11-20/h6-7,13-14,20H,2-5,8-11H2,1H3,(H,17,21). The van der Waals surface area contributed by atoms with E-state index in [2.05, 4.69) is 10.2 Å². The summed E-state index contributed by atoms with van der Waals surface area (Å²) in [4.78, 5) is 18.0. The van der Waals surface area contributed by atoms with Gasteiger partial charge in [-0.25, -0.2) is 4.79 Å². The van der Waals surface area contributed by atoms with Crippen LogP contribution in [0.1, 0.15) is 30.6 Å². The number of carbonyl (C=O) groups excluding carboxylic acids is 1. The Kier molecular flexibility index (Phi) is 5.00. The predicted octanol–water partition coefficient (Wildman–Crippen LogP) is 2.51. The predicted molar refractivity (Wildman–Crippen MR) is 89.5 cm³/mol. The van der Waals surface area contributed by atoms with Gasteiger partial charge < -0.3 is 10.0 Å². The van der Waals surface area contributed by atoms with Crippen molar-refractivity contribution in [2.75, 3.05) is 31.6 Å². The van der Waals surface area contributed by atoms with Crippen LogP contribution >= 0.6 is 11.3 Å². The van der Waals surface area contributed by atoms with Crippen molar-refractivity contribution in [3.05, 3.63) is 17.0 Å². The van der Waals surface area contributed by atoms with Crippen molar-refractivity contribution in [1.82, 2.24) is 9.80 Å². The highest BCUT2D eigenvalue weighted by atomic mass is 32.1. The average Bonchev–Trinajstić information content (AvgIpc) is 3.21. The van der Waals surface area contributed by atoms with Crippen molar-refractivity contribution in [3.63, 3.8) is 0 Å². The summed E-state index contributed by atoms with van der Waals surface area (Å²) in [7, 11) is 0. The molecule has 1 aromatic heterocycles. The van der Waals surface area contributed by atoms with E-state index in [1.54, 1.807) is 11.3 Å². The van der Waals surface area contributed by atoms with E-state index in [0.29, 0.717) is 0 Å². The number of thiophene rings is 1. The minimum absolute atomic E-state index is 0.0177. The molecular formula is C16H25N3O2S. The van der Waals surface area contributed by atoms with Crippen LogP contribution < -0.4 is 5.32 Å². The molecule has 2 N–H and O–H groups in total. The van der Waals surface area contributed by atoms with Crippen LogP contribution in [-0.2, 0) is 0 Å². The molecule has 2 amide bonds. The molecule has 0 aromatic carbocycles. The second kappa shape index (κ2) is 6.98. The van der Waals surface area contributed by atoms with Crippen molar-refractivity contribution in [3.8, 4) is 0 Å². The van der Waals surface area contributed by atoms with E-state index < -0.39 is 0 Å². The summed E-state index contributed by atoms with van der Waals surface area (Å²) in [5, 5.41) is 13.4. The molecule has 3 heterocycles. The van der Waals surface area contributed by atoms with Crippen LogP contribution in [0.2, 0.25) is 0 Å². The first kappa shape index (κ1) is 15.8. The molecular weight excluding hydrogens is 298 g/mol. The summed E-state index contributed by atoms with van der Waals surface area (Å²) in [5.41, 5.74) is 0. The molecule has 2 saturated heterocycles. The average molecular weight is 323 g/mol. The van der Waals surface area contributed by atoms with Gasteiger partial charge in [-0.05, 0) is 51.3 Å². The topological polar surface area (TPSA) is 55.8 Å². The van der Waals surface area contributed by atoms with Crippen LogP contribution in [0.4, 0.5) is 9.80 Å². The number of aliphatic hydroxyl groups is 1. The molecule has 0 aliphatic carbocycles. The van der Waals surface area contributed by atoms with Gasteiger partial charge in [0.15, 0.2) is 0 Å². The van der Waals surface area contributed by atoms with E-state index in [0.717, 1.165) is 50.3 Å². The van der Waals surface area contributed by atoms with Crippen molar-refractivity contribution in [2.45, 2.75) is 44.7 Å². The van der Waals surface area contributed by atoms with Crippen LogP contribution in [0.3, 0.4) is 0 Å². The maximum Gasteiger partial charge on any atom is 0.322 e. The van der Waals surface area contributed by atoms with E-state index in [4.69, 9.17) is 0 Å². The summed E-state index contributed by atoms with van der Waals surface area (Å²) in [6.45, 7) is 5.04. The van der Waals surface area contributed by atoms with Gasteiger partial charge in [-0.15, -0.1) is 11.3 Å². The van der Waals surface area contributed by atoms with Crippen LogP contribution in [-0.4, -0.2) is 59.3 Å². The smallest absolute Gasteiger partial charge is 0.322 e. The SMILES string of the molecule is Cc1ccc(NC(=O)N2CCCC2CN2CCCC2CO)s1. The third kappa shape index (κ3) is 3.45. The van der Waals surface area contributed by atoms with Crippen LogP contribution in [0.25, 0.3) is 0 Å². The lowest BCUT2D eigenvalue weighted by Crippen LogP contribution is -2.46. The Hall–Kier alpha value is -1.11. The Morgan fingerprint density at radius 3 is 2.82 bits per heavy atom. The van der Waals surface area contributed by atoms with Gasteiger partial charge in [0, 0.05) is 30.1 Å². The first-order valence-electron chi connectivity index (χ1n) is 8.16. The fraction of sp³-hybridized carbons (Fsp3) is 0.688. The number of hydrogen-bond acceptors (Lipinski definition) is 4. The molecule has 2 aliphatic heterocycles. The number of nitrogens with zero attached hydrogens (tertiary/aromatic N) is 2.